The van der Waals surface area contributed by atoms with Gasteiger partial charge in [-0.05, 0) is 54.4 Å². The Hall–Kier alpha value is -3.71. The molecule has 0 aliphatic heterocycles. The smallest absolute Gasteiger partial charge is 0.257 e. The van der Waals surface area contributed by atoms with Crippen molar-refractivity contribution in [2.75, 3.05) is 17.7 Å². The first-order chi connectivity index (χ1) is 15.1. The zero-order valence-electron chi connectivity index (χ0n) is 16.9. The number of thiazole rings is 1. The number of hydrogen-bond donors (Lipinski definition) is 2. The maximum atomic E-state index is 12.3. The quantitative estimate of drug-likeness (QED) is 0.425. The van der Waals surface area contributed by atoms with Crippen molar-refractivity contribution in [1.29, 1.82) is 0 Å². The summed E-state index contributed by atoms with van der Waals surface area (Å²) < 4.78 is 6.03. The molecule has 156 valence electrons. The van der Waals surface area contributed by atoms with Crippen LogP contribution in [0.2, 0.25) is 0 Å². The van der Waals surface area contributed by atoms with Crippen LogP contribution in [0.25, 0.3) is 10.2 Å². The fraction of sp³-hybridized carbons (Fsp3) is 0.125. The van der Waals surface area contributed by atoms with Crippen molar-refractivity contribution in [3.8, 4) is 5.75 Å². The molecule has 1 aromatic heterocycles. The number of nitrogens with zero attached hydrogens (tertiary/aromatic N) is 1. The minimum Gasteiger partial charge on any atom is -0.497 e. The topological polar surface area (TPSA) is 80.3 Å². The third-order valence-electron chi connectivity index (χ3n) is 4.73. The van der Waals surface area contributed by atoms with Gasteiger partial charge < -0.3 is 10.1 Å². The third-order valence-corrected chi connectivity index (χ3v) is 5.66. The minimum atomic E-state index is -0.202. The van der Waals surface area contributed by atoms with Gasteiger partial charge in [-0.25, -0.2) is 4.98 Å². The number of aromatic nitrogens is 1. The molecule has 7 heteroatoms. The molecule has 4 rings (SSSR count). The van der Waals surface area contributed by atoms with Crippen LogP contribution in [0.3, 0.4) is 0 Å². The first-order valence-electron chi connectivity index (χ1n) is 9.80. The van der Waals surface area contributed by atoms with Crippen LogP contribution < -0.4 is 15.4 Å². The van der Waals surface area contributed by atoms with E-state index in [1.54, 1.807) is 19.2 Å². The molecule has 4 aromatic rings. The average Bonchev–Trinajstić information content (AvgIpc) is 3.20. The molecule has 0 saturated heterocycles. The summed E-state index contributed by atoms with van der Waals surface area (Å²) >= 11 is 1.37. The fourth-order valence-corrected chi connectivity index (χ4v) is 3.99. The van der Waals surface area contributed by atoms with Crippen molar-refractivity contribution in [3.05, 3.63) is 83.9 Å². The molecule has 0 aliphatic rings. The van der Waals surface area contributed by atoms with Crippen LogP contribution in [-0.2, 0) is 11.2 Å². The molecule has 0 saturated carbocycles. The second-order valence-corrected chi connectivity index (χ2v) is 7.95. The van der Waals surface area contributed by atoms with Crippen LogP contribution in [-0.4, -0.2) is 23.9 Å². The summed E-state index contributed by atoms with van der Waals surface area (Å²) in [5.74, 6) is 0.536. The lowest BCUT2D eigenvalue weighted by molar-refractivity contribution is -0.116. The third kappa shape index (κ3) is 5.26. The van der Waals surface area contributed by atoms with E-state index in [1.807, 2.05) is 60.7 Å². The van der Waals surface area contributed by atoms with Gasteiger partial charge in [0.25, 0.3) is 5.91 Å². The highest BCUT2D eigenvalue weighted by Crippen LogP contribution is 2.29. The number of nitrogens with one attached hydrogen (secondary N) is 2. The van der Waals surface area contributed by atoms with E-state index in [9.17, 15) is 9.59 Å². The molecule has 6 nitrogen and oxygen atoms in total. The Morgan fingerprint density at radius 1 is 0.968 bits per heavy atom. The Bertz CT molecular complexity index is 1200. The maximum absolute atomic E-state index is 12.3. The number of hydrogen-bond acceptors (Lipinski definition) is 5. The van der Waals surface area contributed by atoms with Gasteiger partial charge in [-0.2, -0.15) is 0 Å². The van der Waals surface area contributed by atoms with Crippen LogP contribution in [0.5, 0.6) is 5.75 Å². The second-order valence-electron chi connectivity index (χ2n) is 6.92. The molecule has 1 heterocycles. The SMILES string of the molecule is COc1ccc(CCC(=O)Nc2ccc3nc(NC(=O)c4ccccc4)sc3c2)cc1. The lowest BCUT2D eigenvalue weighted by Crippen LogP contribution is -2.12. The molecule has 0 bridgehead atoms. The number of carbonyl (C=O) groups is 2. The Morgan fingerprint density at radius 2 is 1.74 bits per heavy atom. The number of carbonyl (C=O) groups excluding carboxylic acids is 2. The summed E-state index contributed by atoms with van der Waals surface area (Å²) in [6.45, 7) is 0. The van der Waals surface area contributed by atoms with E-state index >= 15 is 0 Å². The molecule has 0 aliphatic carbocycles. The zero-order chi connectivity index (χ0) is 21.6. The molecule has 2 N–H and O–H groups in total. The van der Waals surface area contributed by atoms with Crippen molar-refractivity contribution in [3.63, 3.8) is 0 Å². The monoisotopic (exact) mass is 431 g/mol. The number of ether oxygens (including phenoxy) is 1. The van der Waals surface area contributed by atoms with Crippen molar-refractivity contribution in [2.45, 2.75) is 12.8 Å². The predicted molar refractivity (Wildman–Crippen MR) is 124 cm³/mol. The first kappa shape index (κ1) is 20.6. The number of benzene rings is 3. The summed E-state index contributed by atoms with van der Waals surface area (Å²) in [5, 5.41) is 6.28. The standard InChI is InChI=1S/C24H21N3O3S/c1-30-19-11-7-16(8-12-19)9-14-22(28)25-18-10-13-20-21(15-18)31-24(26-20)27-23(29)17-5-3-2-4-6-17/h2-8,10-13,15H,9,14H2,1H3,(H,25,28)(H,26,27,29). The van der Waals surface area contributed by atoms with Crippen molar-refractivity contribution in [1.82, 2.24) is 4.98 Å². The zero-order valence-corrected chi connectivity index (χ0v) is 17.7. The van der Waals surface area contributed by atoms with Gasteiger partial charge in [0.2, 0.25) is 5.91 Å². The summed E-state index contributed by atoms with van der Waals surface area (Å²) in [5.41, 5.74) is 3.13. The number of fused-ring (bicyclic) bond motifs is 1. The van der Waals surface area contributed by atoms with E-state index in [1.165, 1.54) is 11.3 Å². The number of methoxy groups -OCH3 is 1. The highest BCUT2D eigenvalue weighted by atomic mass is 32.1. The van der Waals surface area contributed by atoms with Crippen molar-refractivity contribution < 1.29 is 14.3 Å². The lowest BCUT2D eigenvalue weighted by atomic mass is 10.1. The molecule has 0 unspecified atom stereocenters. The predicted octanol–water partition coefficient (Wildman–Crippen LogP) is 5.13. The Labute approximate surface area is 183 Å². The second kappa shape index (κ2) is 9.40. The molecule has 3 aromatic carbocycles. The highest BCUT2D eigenvalue weighted by Gasteiger charge is 2.11. The van der Waals surface area contributed by atoms with Gasteiger partial charge in [-0.3, -0.25) is 14.9 Å². The van der Waals surface area contributed by atoms with Crippen LogP contribution in [0.15, 0.2) is 72.8 Å². The summed E-state index contributed by atoms with van der Waals surface area (Å²) in [6.07, 6.45) is 1.03. The average molecular weight is 432 g/mol. The summed E-state index contributed by atoms with van der Waals surface area (Å²) in [4.78, 5) is 29.1. The molecule has 0 fully saturated rings. The summed E-state index contributed by atoms with van der Waals surface area (Å²) in [6, 6.07) is 22.2. The van der Waals surface area contributed by atoms with Crippen LogP contribution >= 0.6 is 11.3 Å². The largest absolute Gasteiger partial charge is 0.497 e. The maximum Gasteiger partial charge on any atom is 0.257 e. The van der Waals surface area contributed by atoms with E-state index in [0.29, 0.717) is 29.2 Å². The van der Waals surface area contributed by atoms with E-state index < -0.39 is 0 Å². The van der Waals surface area contributed by atoms with Gasteiger partial charge in [0.1, 0.15) is 5.75 Å². The first-order valence-corrected chi connectivity index (χ1v) is 10.6. The van der Waals surface area contributed by atoms with Crippen LogP contribution in [0.1, 0.15) is 22.3 Å². The molecular formula is C24H21N3O3S. The van der Waals surface area contributed by atoms with Crippen molar-refractivity contribution >= 4 is 44.2 Å². The van der Waals surface area contributed by atoms with Gasteiger partial charge in [-0.15, -0.1) is 0 Å². The minimum absolute atomic E-state index is 0.0581. The molecular weight excluding hydrogens is 410 g/mol. The Morgan fingerprint density at radius 3 is 2.48 bits per heavy atom. The molecule has 0 spiro atoms. The number of anilines is 2. The highest BCUT2D eigenvalue weighted by molar-refractivity contribution is 7.22. The number of rotatable bonds is 7. The van der Waals surface area contributed by atoms with E-state index in [2.05, 4.69) is 15.6 Å². The molecule has 0 radical (unpaired) electrons. The van der Waals surface area contributed by atoms with Gasteiger partial charge in [0.15, 0.2) is 5.13 Å². The van der Waals surface area contributed by atoms with Gasteiger partial charge >= 0.3 is 0 Å². The molecule has 2 amide bonds. The van der Waals surface area contributed by atoms with Crippen LogP contribution in [0.4, 0.5) is 10.8 Å². The van der Waals surface area contributed by atoms with Gasteiger partial charge in [-0.1, -0.05) is 41.7 Å². The van der Waals surface area contributed by atoms with Crippen molar-refractivity contribution in [2.24, 2.45) is 0 Å². The van der Waals surface area contributed by atoms with E-state index in [4.69, 9.17) is 4.74 Å². The van der Waals surface area contributed by atoms with E-state index in [-0.39, 0.29) is 11.8 Å². The Balaban J connectivity index is 1.37. The number of aryl methyl sites for hydroxylation is 1. The molecule has 31 heavy (non-hydrogen) atoms. The van der Waals surface area contributed by atoms with Gasteiger partial charge in [0.05, 0.1) is 17.3 Å². The summed E-state index contributed by atoms with van der Waals surface area (Å²) in [7, 11) is 1.63. The Kier molecular flexibility index (Phi) is 6.24. The number of amides is 2. The molecule has 0 atom stereocenters. The van der Waals surface area contributed by atoms with E-state index in [0.717, 1.165) is 21.5 Å². The van der Waals surface area contributed by atoms with Gasteiger partial charge in [0, 0.05) is 17.7 Å². The fourth-order valence-electron chi connectivity index (χ4n) is 3.09. The lowest BCUT2D eigenvalue weighted by Gasteiger charge is -2.06. The van der Waals surface area contributed by atoms with Crippen LogP contribution in [0, 0.1) is 0 Å². The normalized spacial score (nSPS) is 10.6.